The number of nitrogens with zero attached hydrogens (tertiary/aromatic N) is 2. The number of aromatic nitrogens is 2. The van der Waals surface area contributed by atoms with Gasteiger partial charge in [-0.05, 0) is 35.9 Å². The molecule has 1 aromatic heterocycles. The third-order valence-corrected chi connectivity index (χ3v) is 4.10. The van der Waals surface area contributed by atoms with E-state index in [0.717, 1.165) is 35.7 Å². The van der Waals surface area contributed by atoms with Crippen molar-refractivity contribution in [1.82, 2.24) is 15.4 Å². The van der Waals surface area contributed by atoms with Gasteiger partial charge in [-0.25, -0.2) is 19.2 Å². The summed E-state index contributed by atoms with van der Waals surface area (Å²) in [7, 11) is 0. The fourth-order valence-electron chi connectivity index (χ4n) is 2.51. The van der Waals surface area contributed by atoms with E-state index in [1.165, 1.54) is 12.1 Å². The van der Waals surface area contributed by atoms with Gasteiger partial charge in [0.15, 0.2) is 11.6 Å². The summed E-state index contributed by atoms with van der Waals surface area (Å²) < 4.78 is 27.5. The van der Waals surface area contributed by atoms with Crippen molar-refractivity contribution in [2.24, 2.45) is 0 Å². The summed E-state index contributed by atoms with van der Waals surface area (Å²) in [5.74, 6) is -1.14. The molecule has 0 amide bonds. The van der Waals surface area contributed by atoms with Crippen LogP contribution in [0.2, 0.25) is 5.02 Å². The molecule has 0 saturated heterocycles. The van der Waals surface area contributed by atoms with E-state index in [1.54, 1.807) is 0 Å². The van der Waals surface area contributed by atoms with Crippen LogP contribution in [0.5, 0.6) is 0 Å². The van der Waals surface area contributed by atoms with Crippen molar-refractivity contribution in [2.45, 2.75) is 6.54 Å². The van der Waals surface area contributed by atoms with Crippen LogP contribution in [0.3, 0.4) is 0 Å². The first-order chi connectivity index (χ1) is 12.6. The molecule has 1 aliphatic rings. The van der Waals surface area contributed by atoms with Crippen molar-refractivity contribution in [3.63, 3.8) is 0 Å². The molecule has 6 nitrogen and oxygen atoms in total. The van der Waals surface area contributed by atoms with Crippen LogP contribution in [-0.2, 0) is 6.54 Å². The molecular weight excluding hydrogens is 362 g/mol. The Morgan fingerprint density at radius 2 is 1.81 bits per heavy atom. The molecule has 2 aromatic carbocycles. The Balaban J connectivity index is 1.56. The highest BCUT2D eigenvalue weighted by Gasteiger charge is 2.12. The van der Waals surface area contributed by atoms with Crippen molar-refractivity contribution in [2.75, 3.05) is 16.1 Å². The minimum atomic E-state index is -0.661. The Morgan fingerprint density at radius 3 is 2.65 bits per heavy atom. The largest absolute Gasteiger partial charge is 0.338 e. The lowest BCUT2D eigenvalue weighted by atomic mass is 10.2. The van der Waals surface area contributed by atoms with E-state index in [0.29, 0.717) is 5.69 Å². The highest BCUT2D eigenvalue weighted by molar-refractivity contribution is 6.30. The van der Waals surface area contributed by atoms with Gasteiger partial charge in [0.1, 0.15) is 5.82 Å². The Morgan fingerprint density at radius 1 is 1.00 bits per heavy atom. The Kier molecular flexibility index (Phi) is 4.27. The molecule has 0 fully saturated rings. The first-order valence-electron chi connectivity index (χ1n) is 7.72. The molecule has 0 unspecified atom stereocenters. The number of fused-ring (bicyclic) bond motifs is 1. The Bertz CT molecular complexity index is 981. The molecule has 0 bridgehead atoms. The minimum Gasteiger partial charge on any atom is -0.338 e. The van der Waals surface area contributed by atoms with Gasteiger partial charge >= 0.3 is 0 Å². The number of rotatable bonds is 4. The summed E-state index contributed by atoms with van der Waals surface area (Å²) in [6.45, 7) is 0.744. The molecule has 0 saturated carbocycles. The monoisotopic (exact) mass is 374 g/mol. The van der Waals surface area contributed by atoms with Gasteiger partial charge in [-0.15, -0.1) is 0 Å². The molecule has 3 aromatic rings. The Hall–Kier alpha value is -2.97. The maximum atomic E-state index is 14.0. The van der Waals surface area contributed by atoms with Crippen molar-refractivity contribution in [1.29, 1.82) is 0 Å². The predicted octanol–water partition coefficient (Wildman–Crippen LogP) is 4.33. The Labute approximate surface area is 152 Å². The molecule has 0 radical (unpaired) electrons. The highest BCUT2D eigenvalue weighted by Crippen LogP contribution is 2.26. The number of hydrogen-bond donors (Lipinski definition) is 4. The third-order valence-electron chi connectivity index (χ3n) is 3.79. The van der Waals surface area contributed by atoms with Gasteiger partial charge in [0.05, 0.1) is 16.9 Å². The number of anilines is 5. The van der Waals surface area contributed by atoms with E-state index in [9.17, 15) is 8.78 Å². The first kappa shape index (κ1) is 16.5. The van der Waals surface area contributed by atoms with Crippen LogP contribution in [0.15, 0.2) is 42.6 Å². The van der Waals surface area contributed by atoms with Gasteiger partial charge < -0.3 is 16.1 Å². The van der Waals surface area contributed by atoms with E-state index in [4.69, 9.17) is 11.6 Å². The maximum absolute atomic E-state index is 14.0. The maximum Gasteiger partial charge on any atom is 0.229 e. The summed E-state index contributed by atoms with van der Waals surface area (Å²) in [6.07, 6.45) is 1.04. The highest BCUT2D eigenvalue weighted by atomic mass is 35.5. The number of halogens is 3. The normalized spacial score (nSPS) is 12.4. The zero-order valence-corrected chi connectivity index (χ0v) is 14.0. The third kappa shape index (κ3) is 3.37. The van der Waals surface area contributed by atoms with Gasteiger partial charge in [-0.3, -0.25) is 0 Å². The average molecular weight is 375 g/mol. The van der Waals surface area contributed by atoms with Crippen LogP contribution >= 0.6 is 11.6 Å². The SMILES string of the molecule is Fc1cc(Nc2nc(Nc3ccc4c(c3)NNC4)ncc2F)ccc1Cl. The minimum absolute atomic E-state index is 0.0132. The summed E-state index contributed by atoms with van der Waals surface area (Å²) in [6, 6.07) is 9.80. The van der Waals surface area contributed by atoms with E-state index in [-0.39, 0.29) is 16.8 Å². The van der Waals surface area contributed by atoms with Gasteiger partial charge in [-0.1, -0.05) is 17.7 Å². The zero-order chi connectivity index (χ0) is 18.1. The number of hydrogen-bond acceptors (Lipinski definition) is 6. The first-order valence-corrected chi connectivity index (χ1v) is 8.10. The van der Waals surface area contributed by atoms with Gasteiger partial charge in [-0.2, -0.15) is 4.98 Å². The van der Waals surface area contributed by atoms with Crippen molar-refractivity contribution < 1.29 is 8.78 Å². The fourth-order valence-corrected chi connectivity index (χ4v) is 2.63. The summed E-state index contributed by atoms with van der Waals surface area (Å²) in [5, 5.41) is 5.72. The van der Waals surface area contributed by atoms with Crippen LogP contribution < -0.4 is 21.5 Å². The lowest BCUT2D eigenvalue weighted by Crippen LogP contribution is -2.10. The standard InChI is InChI=1S/C17H13ClF2N6/c18-12-4-3-10(5-13(12)19)23-16-14(20)8-21-17(25-16)24-11-2-1-9-7-22-26-15(9)6-11/h1-6,8,22,26H,7H2,(H2,21,23,24,25). The lowest BCUT2D eigenvalue weighted by molar-refractivity contribution is 0.618. The fraction of sp³-hybridized carbons (Fsp3) is 0.0588. The molecule has 4 rings (SSSR count). The lowest BCUT2D eigenvalue weighted by Gasteiger charge is -2.10. The second-order valence-corrected chi connectivity index (χ2v) is 6.03. The van der Waals surface area contributed by atoms with Crippen LogP contribution in [0.25, 0.3) is 0 Å². The molecular formula is C17H13ClF2N6. The molecule has 9 heteroatoms. The number of benzene rings is 2. The summed E-state index contributed by atoms with van der Waals surface area (Å²) in [4.78, 5) is 8.04. The average Bonchev–Trinajstić information content (AvgIpc) is 3.09. The van der Waals surface area contributed by atoms with Crippen LogP contribution in [0, 0.1) is 11.6 Å². The molecule has 26 heavy (non-hydrogen) atoms. The van der Waals surface area contributed by atoms with E-state index < -0.39 is 11.6 Å². The van der Waals surface area contributed by atoms with Crippen LogP contribution in [0.1, 0.15) is 5.56 Å². The summed E-state index contributed by atoms with van der Waals surface area (Å²) >= 11 is 5.65. The molecule has 1 aliphatic heterocycles. The van der Waals surface area contributed by atoms with Crippen molar-refractivity contribution in [3.8, 4) is 0 Å². The molecule has 0 spiro atoms. The number of nitrogens with one attached hydrogen (secondary N) is 4. The molecule has 132 valence electrons. The van der Waals surface area contributed by atoms with Crippen LogP contribution in [0.4, 0.5) is 37.6 Å². The van der Waals surface area contributed by atoms with E-state index in [1.807, 2.05) is 18.2 Å². The van der Waals surface area contributed by atoms with Crippen molar-refractivity contribution >= 4 is 40.4 Å². The van der Waals surface area contributed by atoms with Crippen molar-refractivity contribution in [3.05, 3.63) is 64.8 Å². The molecule has 2 heterocycles. The molecule has 4 N–H and O–H groups in total. The van der Waals surface area contributed by atoms with Gasteiger partial charge in [0, 0.05) is 17.9 Å². The smallest absolute Gasteiger partial charge is 0.229 e. The molecule has 0 aliphatic carbocycles. The predicted molar refractivity (Wildman–Crippen MR) is 96.9 cm³/mol. The number of hydrazine groups is 1. The topological polar surface area (TPSA) is 73.9 Å². The quantitative estimate of drug-likeness (QED) is 0.545. The van der Waals surface area contributed by atoms with Gasteiger partial charge in [0.25, 0.3) is 0 Å². The van der Waals surface area contributed by atoms with Gasteiger partial charge in [0.2, 0.25) is 5.95 Å². The summed E-state index contributed by atoms with van der Waals surface area (Å²) in [5.41, 5.74) is 9.22. The zero-order valence-electron chi connectivity index (χ0n) is 13.3. The molecule has 0 atom stereocenters. The second-order valence-electron chi connectivity index (χ2n) is 5.62. The van der Waals surface area contributed by atoms with E-state index >= 15 is 0 Å². The van der Waals surface area contributed by atoms with Crippen LogP contribution in [-0.4, -0.2) is 9.97 Å². The second kappa shape index (κ2) is 6.74. The van der Waals surface area contributed by atoms with E-state index in [2.05, 4.69) is 31.5 Å².